The summed E-state index contributed by atoms with van der Waals surface area (Å²) in [5, 5.41) is 0. The van der Waals surface area contributed by atoms with Crippen LogP contribution in [0, 0.1) is 0 Å². The zero-order chi connectivity index (χ0) is 24.9. The maximum Gasteiger partial charge on any atom is 0.144 e. The minimum Gasteiger partial charge on any atom is -0.375 e. The van der Waals surface area contributed by atoms with E-state index >= 15 is 0 Å². The van der Waals surface area contributed by atoms with Gasteiger partial charge in [-0.1, -0.05) is 103 Å². The molecule has 3 atom stereocenters. The van der Waals surface area contributed by atoms with E-state index in [1.54, 1.807) is 0 Å². The van der Waals surface area contributed by atoms with Crippen LogP contribution in [0.25, 0.3) is 11.0 Å². The van der Waals surface area contributed by atoms with Gasteiger partial charge in [-0.05, 0) is 28.8 Å². The highest BCUT2D eigenvalue weighted by Crippen LogP contribution is 2.42. The zero-order valence-electron chi connectivity index (χ0n) is 20.6. The molecule has 0 radical (unpaired) electrons. The first-order valence-corrected chi connectivity index (χ1v) is 12.8. The largest absolute Gasteiger partial charge is 0.375 e. The van der Waals surface area contributed by atoms with Gasteiger partial charge in [-0.25, -0.2) is 4.98 Å². The Morgan fingerprint density at radius 2 is 1.14 bits per heavy atom. The van der Waals surface area contributed by atoms with Gasteiger partial charge in [0, 0.05) is 0 Å². The molecule has 0 N–H and O–H groups in total. The summed E-state index contributed by atoms with van der Waals surface area (Å²) in [6.45, 7) is 2.01. The molecule has 0 unspecified atom stereocenters. The van der Waals surface area contributed by atoms with Crippen molar-refractivity contribution in [3.8, 4) is 0 Å². The maximum atomic E-state index is 6.63. The number of nitrogens with zero attached hydrogens (tertiary/aromatic N) is 2. The van der Waals surface area contributed by atoms with Crippen molar-refractivity contribution in [1.29, 1.82) is 0 Å². The smallest absolute Gasteiger partial charge is 0.144 e. The molecule has 5 heteroatoms. The summed E-state index contributed by atoms with van der Waals surface area (Å²) in [4.78, 5) is 5.01. The third kappa shape index (κ3) is 5.20. The standard InChI is InChI=1S/C32H30N2O3/c1-4-12-24(13-5-1)20-35-23-29-30(36-21-25-14-6-2-7-15-25)31(37-22-26-16-8-3-9-17-26)32-33-27-18-10-11-19-28(27)34(29)32/h1-19,29-31H,20-23H2/t29-,30+,31+/m0/s1. The molecule has 6 rings (SSSR count). The van der Waals surface area contributed by atoms with Gasteiger partial charge in [0.05, 0.1) is 43.5 Å². The molecule has 5 aromatic rings. The minimum absolute atomic E-state index is 0.0735. The lowest BCUT2D eigenvalue weighted by atomic mass is 10.1. The number of hydrogen-bond acceptors (Lipinski definition) is 4. The zero-order valence-corrected chi connectivity index (χ0v) is 20.6. The average Bonchev–Trinajstić information content (AvgIpc) is 3.47. The Balaban J connectivity index is 1.31. The number of hydrogen-bond donors (Lipinski definition) is 0. The van der Waals surface area contributed by atoms with E-state index in [1.165, 1.54) is 0 Å². The number of benzene rings is 4. The van der Waals surface area contributed by atoms with Crippen molar-refractivity contribution < 1.29 is 14.2 Å². The van der Waals surface area contributed by atoms with E-state index in [0.717, 1.165) is 33.5 Å². The quantitative estimate of drug-likeness (QED) is 0.220. The highest BCUT2D eigenvalue weighted by Gasteiger charge is 2.45. The fourth-order valence-electron chi connectivity index (χ4n) is 5.04. The van der Waals surface area contributed by atoms with Gasteiger partial charge in [0.15, 0.2) is 0 Å². The van der Waals surface area contributed by atoms with Crippen LogP contribution >= 0.6 is 0 Å². The molecule has 4 aromatic carbocycles. The van der Waals surface area contributed by atoms with Crippen LogP contribution in [0.1, 0.15) is 34.7 Å². The fourth-order valence-corrected chi connectivity index (χ4v) is 5.04. The maximum absolute atomic E-state index is 6.63. The Morgan fingerprint density at radius 1 is 0.595 bits per heavy atom. The Bertz CT molecular complexity index is 1420. The molecule has 186 valence electrons. The van der Waals surface area contributed by atoms with Gasteiger partial charge in [0.2, 0.25) is 0 Å². The van der Waals surface area contributed by atoms with Gasteiger partial charge in [-0.2, -0.15) is 0 Å². The van der Waals surface area contributed by atoms with Crippen LogP contribution in [-0.4, -0.2) is 22.3 Å². The lowest BCUT2D eigenvalue weighted by Crippen LogP contribution is -2.29. The number of aromatic nitrogens is 2. The predicted molar refractivity (Wildman–Crippen MR) is 144 cm³/mol. The molecule has 5 nitrogen and oxygen atoms in total. The number of imidazole rings is 1. The SMILES string of the molecule is c1ccc(COC[C@H]2[C@@H](OCc3ccccc3)[C@@H](OCc3ccccc3)c3nc4ccccc4n32)cc1. The number of rotatable bonds is 10. The summed E-state index contributed by atoms with van der Waals surface area (Å²) in [5.74, 6) is 0.892. The van der Waals surface area contributed by atoms with Crippen molar-refractivity contribution in [2.24, 2.45) is 0 Å². The van der Waals surface area contributed by atoms with Crippen LogP contribution in [0.4, 0.5) is 0 Å². The van der Waals surface area contributed by atoms with Gasteiger partial charge in [-0.3, -0.25) is 0 Å². The van der Waals surface area contributed by atoms with E-state index in [1.807, 2.05) is 60.7 Å². The van der Waals surface area contributed by atoms with Crippen LogP contribution in [0.15, 0.2) is 115 Å². The molecule has 0 fully saturated rings. The van der Waals surface area contributed by atoms with Crippen LogP contribution in [0.2, 0.25) is 0 Å². The average molecular weight is 491 g/mol. The first kappa shape index (κ1) is 23.6. The molecule has 37 heavy (non-hydrogen) atoms. The molecular weight excluding hydrogens is 460 g/mol. The van der Waals surface area contributed by atoms with Crippen molar-refractivity contribution in [3.63, 3.8) is 0 Å². The molecule has 0 spiro atoms. The molecule has 1 aromatic heterocycles. The molecule has 0 aliphatic carbocycles. The minimum atomic E-state index is -0.318. The van der Waals surface area contributed by atoms with E-state index in [-0.39, 0.29) is 18.2 Å². The summed E-state index contributed by atoms with van der Waals surface area (Å²) >= 11 is 0. The van der Waals surface area contributed by atoms with E-state index < -0.39 is 0 Å². The molecular formula is C32H30N2O3. The topological polar surface area (TPSA) is 45.5 Å². The summed E-state index contributed by atoms with van der Waals surface area (Å²) in [6, 6.07) is 39.0. The second kappa shape index (κ2) is 11.1. The Hall–Kier alpha value is -3.77. The molecule has 1 aliphatic heterocycles. The predicted octanol–water partition coefficient (Wildman–Crippen LogP) is 6.65. The summed E-state index contributed by atoms with van der Waals surface area (Å²) in [6.07, 6.45) is -0.562. The highest BCUT2D eigenvalue weighted by atomic mass is 16.5. The first-order valence-electron chi connectivity index (χ1n) is 12.8. The van der Waals surface area contributed by atoms with Crippen LogP contribution in [0.5, 0.6) is 0 Å². The summed E-state index contributed by atoms with van der Waals surface area (Å²) in [5.41, 5.74) is 5.43. The number of fused-ring (bicyclic) bond motifs is 3. The second-order valence-corrected chi connectivity index (χ2v) is 9.38. The van der Waals surface area contributed by atoms with Crippen LogP contribution in [-0.2, 0) is 34.0 Å². The summed E-state index contributed by atoms with van der Waals surface area (Å²) < 4.78 is 21.8. The number of ether oxygens (including phenoxy) is 3. The van der Waals surface area contributed by atoms with Crippen molar-refractivity contribution in [2.45, 2.75) is 38.1 Å². The van der Waals surface area contributed by atoms with Gasteiger partial charge >= 0.3 is 0 Å². The lowest BCUT2D eigenvalue weighted by molar-refractivity contribution is -0.102. The third-order valence-electron chi connectivity index (χ3n) is 6.84. The van der Waals surface area contributed by atoms with Crippen molar-refractivity contribution in [3.05, 3.63) is 138 Å². The second-order valence-electron chi connectivity index (χ2n) is 9.38. The van der Waals surface area contributed by atoms with E-state index in [4.69, 9.17) is 19.2 Å². The fraction of sp³-hybridized carbons (Fsp3) is 0.219. The van der Waals surface area contributed by atoms with E-state index in [2.05, 4.69) is 59.2 Å². The molecule has 0 bridgehead atoms. The van der Waals surface area contributed by atoms with Gasteiger partial charge in [-0.15, -0.1) is 0 Å². The Kier molecular flexibility index (Phi) is 7.08. The first-order chi connectivity index (χ1) is 18.4. The monoisotopic (exact) mass is 490 g/mol. The van der Waals surface area contributed by atoms with E-state index in [0.29, 0.717) is 26.4 Å². The molecule has 2 heterocycles. The Labute approximate surface area is 217 Å². The normalized spacial score (nSPS) is 18.8. The molecule has 0 amide bonds. The van der Waals surface area contributed by atoms with Crippen molar-refractivity contribution in [2.75, 3.05) is 6.61 Å². The molecule has 0 saturated heterocycles. The van der Waals surface area contributed by atoms with Crippen LogP contribution < -0.4 is 0 Å². The van der Waals surface area contributed by atoms with Gasteiger partial charge < -0.3 is 18.8 Å². The lowest BCUT2D eigenvalue weighted by Gasteiger charge is -2.26. The van der Waals surface area contributed by atoms with Crippen molar-refractivity contribution in [1.82, 2.24) is 9.55 Å². The summed E-state index contributed by atoms with van der Waals surface area (Å²) in [7, 11) is 0. The van der Waals surface area contributed by atoms with E-state index in [9.17, 15) is 0 Å². The molecule has 1 aliphatic rings. The highest BCUT2D eigenvalue weighted by molar-refractivity contribution is 5.76. The Morgan fingerprint density at radius 3 is 1.78 bits per heavy atom. The van der Waals surface area contributed by atoms with Crippen LogP contribution in [0.3, 0.4) is 0 Å². The van der Waals surface area contributed by atoms with Crippen molar-refractivity contribution >= 4 is 11.0 Å². The molecule has 0 saturated carbocycles. The van der Waals surface area contributed by atoms with Gasteiger partial charge in [0.25, 0.3) is 0 Å². The number of para-hydroxylation sites is 2. The third-order valence-corrected chi connectivity index (χ3v) is 6.84. The van der Waals surface area contributed by atoms with Gasteiger partial charge in [0.1, 0.15) is 18.0 Å².